The van der Waals surface area contributed by atoms with Crippen molar-refractivity contribution in [2.24, 2.45) is 0 Å². The lowest BCUT2D eigenvalue weighted by atomic mass is 10.1. The largest absolute Gasteiger partial charge is 0.356 e. The highest BCUT2D eigenvalue weighted by molar-refractivity contribution is 5.83. The van der Waals surface area contributed by atoms with Crippen molar-refractivity contribution in [3.8, 4) is 5.69 Å². The van der Waals surface area contributed by atoms with Crippen LogP contribution >= 0.6 is 0 Å². The van der Waals surface area contributed by atoms with Crippen molar-refractivity contribution >= 4 is 16.8 Å². The Morgan fingerprint density at radius 3 is 2.48 bits per heavy atom. The van der Waals surface area contributed by atoms with E-state index in [2.05, 4.69) is 15.5 Å². The minimum absolute atomic E-state index is 0.0906. The third-order valence-electron chi connectivity index (χ3n) is 5.61. The van der Waals surface area contributed by atoms with Gasteiger partial charge in [-0.3, -0.25) is 9.59 Å². The third kappa shape index (κ3) is 5.00. The van der Waals surface area contributed by atoms with Gasteiger partial charge < -0.3 is 5.32 Å². The fourth-order valence-electron chi connectivity index (χ4n) is 3.93. The molecule has 8 heteroatoms. The first-order chi connectivity index (χ1) is 15.9. The Bertz CT molecular complexity index is 1330. The average Bonchev–Trinajstić information content (AvgIpc) is 3.17. The summed E-state index contributed by atoms with van der Waals surface area (Å²) in [5, 5.41) is 12.6. The number of carbonyl (C=O) groups excluding carboxylic acids is 1. The maximum Gasteiger partial charge on any atom is 0.295 e. The van der Waals surface area contributed by atoms with Gasteiger partial charge in [0, 0.05) is 19.5 Å². The predicted molar refractivity (Wildman–Crippen MR) is 125 cm³/mol. The number of halogens is 1. The van der Waals surface area contributed by atoms with E-state index < -0.39 is 0 Å². The Labute approximate surface area is 190 Å². The number of aromatic nitrogens is 4. The number of carbonyl (C=O) groups is 1. The molecule has 170 valence electrons. The molecule has 0 radical (unpaired) electrons. The number of aryl methyl sites for hydroxylation is 3. The number of hydrogen-bond donors (Lipinski definition) is 1. The van der Waals surface area contributed by atoms with E-state index in [4.69, 9.17) is 0 Å². The van der Waals surface area contributed by atoms with Crippen LogP contribution in [-0.2, 0) is 17.8 Å². The number of hydrogen-bond acceptors (Lipinski definition) is 4. The van der Waals surface area contributed by atoms with Crippen LogP contribution in [0.4, 0.5) is 4.39 Å². The summed E-state index contributed by atoms with van der Waals surface area (Å²) in [4.78, 5) is 25.2. The molecule has 2 aromatic carbocycles. The quantitative estimate of drug-likeness (QED) is 0.448. The molecule has 4 aromatic rings. The molecule has 0 aliphatic heterocycles. The summed E-state index contributed by atoms with van der Waals surface area (Å²) in [7, 11) is 0. The lowest BCUT2D eigenvalue weighted by Crippen LogP contribution is -2.27. The number of nitrogens with zero attached hydrogens (tertiary/aromatic N) is 4. The van der Waals surface area contributed by atoms with Gasteiger partial charge in [0.1, 0.15) is 5.82 Å². The Kier molecular flexibility index (Phi) is 6.63. The summed E-state index contributed by atoms with van der Waals surface area (Å²) in [5.41, 5.74) is 3.56. The van der Waals surface area contributed by atoms with E-state index in [-0.39, 0.29) is 23.7 Å². The molecule has 0 saturated carbocycles. The van der Waals surface area contributed by atoms with Crippen LogP contribution in [0.3, 0.4) is 0 Å². The van der Waals surface area contributed by atoms with Crippen molar-refractivity contribution in [1.82, 2.24) is 24.9 Å². The molecule has 4 rings (SSSR count). The predicted octanol–water partition coefficient (Wildman–Crippen LogP) is 3.48. The number of benzene rings is 2. The number of amides is 1. The van der Waals surface area contributed by atoms with E-state index in [0.29, 0.717) is 31.4 Å². The zero-order chi connectivity index (χ0) is 23.4. The van der Waals surface area contributed by atoms with E-state index >= 15 is 0 Å². The molecule has 2 aromatic heterocycles. The first-order valence-corrected chi connectivity index (χ1v) is 11.0. The standard InChI is InChI=1S/C25H26FN5O2/c1-17-23-18(2)31(21-7-4-3-5-8-21)29-24(23)25(33)30(28-17)16-6-9-22(32)27-15-14-19-10-12-20(26)13-11-19/h3-5,7-8,10-13H,6,9,14-16H2,1-2H3,(H,27,32). The maximum atomic E-state index is 13.0. The van der Waals surface area contributed by atoms with E-state index in [1.54, 1.807) is 16.8 Å². The van der Waals surface area contributed by atoms with Gasteiger partial charge in [0.15, 0.2) is 5.52 Å². The molecule has 0 fully saturated rings. The highest BCUT2D eigenvalue weighted by Gasteiger charge is 2.17. The van der Waals surface area contributed by atoms with Gasteiger partial charge in [-0.15, -0.1) is 0 Å². The molecule has 0 saturated heterocycles. The molecule has 0 unspecified atom stereocenters. The van der Waals surface area contributed by atoms with Crippen LogP contribution in [0.5, 0.6) is 0 Å². The zero-order valence-electron chi connectivity index (χ0n) is 18.7. The minimum Gasteiger partial charge on any atom is -0.356 e. The molecule has 0 atom stereocenters. The molecular weight excluding hydrogens is 421 g/mol. The summed E-state index contributed by atoms with van der Waals surface area (Å²) in [5.74, 6) is -0.366. The molecule has 33 heavy (non-hydrogen) atoms. The van der Waals surface area contributed by atoms with Crippen LogP contribution in [-0.4, -0.2) is 32.0 Å². The number of rotatable bonds is 8. The topological polar surface area (TPSA) is 81.8 Å². The van der Waals surface area contributed by atoms with Crippen LogP contribution in [0.2, 0.25) is 0 Å². The fourth-order valence-corrected chi connectivity index (χ4v) is 3.93. The number of nitrogens with one attached hydrogen (secondary N) is 1. The van der Waals surface area contributed by atoms with Gasteiger partial charge in [-0.1, -0.05) is 30.3 Å². The van der Waals surface area contributed by atoms with Crippen molar-refractivity contribution in [1.29, 1.82) is 0 Å². The maximum absolute atomic E-state index is 13.0. The molecule has 0 aliphatic rings. The van der Waals surface area contributed by atoms with E-state index in [0.717, 1.165) is 28.0 Å². The summed E-state index contributed by atoms with van der Waals surface area (Å²) in [6.45, 7) is 4.60. The van der Waals surface area contributed by atoms with Crippen LogP contribution in [0, 0.1) is 19.7 Å². The molecular formula is C25H26FN5O2. The van der Waals surface area contributed by atoms with Crippen LogP contribution < -0.4 is 10.9 Å². The van der Waals surface area contributed by atoms with Gasteiger partial charge in [-0.05, 0) is 56.5 Å². The van der Waals surface area contributed by atoms with Crippen molar-refractivity contribution in [2.75, 3.05) is 6.54 Å². The molecule has 2 heterocycles. The van der Waals surface area contributed by atoms with E-state index in [1.165, 1.54) is 16.8 Å². The molecule has 0 bridgehead atoms. The van der Waals surface area contributed by atoms with Crippen molar-refractivity contribution in [3.05, 3.63) is 87.7 Å². The number of para-hydroxylation sites is 1. The first kappa shape index (κ1) is 22.4. The SMILES string of the molecule is Cc1nn(CCCC(=O)NCCc2ccc(F)cc2)c(=O)c2nn(-c3ccccc3)c(C)c12. The first-order valence-electron chi connectivity index (χ1n) is 11.0. The smallest absolute Gasteiger partial charge is 0.295 e. The molecule has 0 aliphatic carbocycles. The zero-order valence-corrected chi connectivity index (χ0v) is 18.7. The lowest BCUT2D eigenvalue weighted by molar-refractivity contribution is -0.121. The van der Waals surface area contributed by atoms with E-state index in [9.17, 15) is 14.0 Å². The van der Waals surface area contributed by atoms with Crippen molar-refractivity contribution in [2.45, 2.75) is 39.7 Å². The summed E-state index contributed by atoms with van der Waals surface area (Å²) in [6, 6.07) is 15.9. The van der Waals surface area contributed by atoms with E-state index in [1.807, 2.05) is 44.2 Å². The van der Waals surface area contributed by atoms with Crippen LogP contribution in [0.25, 0.3) is 16.6 Å². The second-order valence-electron chi connectivity index (χ2n) is 8.00. The van der Waals surface area contributed by atoms with Gasteiger partial charge >= 0.3 is 0 Å². The van der Waals surface area contributed by atoms with Crippen LogP contribution in [0.1, 0.15) is 29.8 Å². The Balaban J connectivity index is 1.38. The summed E-state index contributed by atoms with van der Waals surface area (Å²) in [6.07, 6.45) is 1.40. The van der Waals surface area contributed by atoms with Gasteiger partial charge in [0.25, 0.3) is 5.56 Å². The Hall–Kier alpha value is -3.81. The molecule has 1 amide bonds. The average molecular weight is 448 g/mol. The highest BCUT2D eigenvalue weighted by atomic mass is 19.1. The monoisotopic (exact) mass is 447 g/mol. The fraction of sp³-hybridized carbons (Fsp3) is 0.280. The van der Waals surface area contributed by atoms with Crippen molar-refractivity contribution < 1.29 is 9.18 Å². The normalized spacial score (nSPS) is 11.1. The van der Waals surface area contributed by atoms with Gasteiger partial charge in [-0.25, -0.2) is 13.8 Å². The Morgan fingerprint density at radius 2 is 1.76 bits per heavy atom. The third-order valence-corrected chi connectivity index (χ3v) is 5.61. The lowest BCUT2D eigenvalue weighted by Gasteiger charge is -2.08. The highest BCUT2D eigenvalue weighted by Crippen LogP contribution is 2.21. The molecule has 7 nitrogen and oxygen atoms in total. The Morgan fingerprint density at radius 1 is 1.03 bits per heavy atom. The molecule has 1 N–H and O–H groups in total. The van der Waals surface area contributed by atoms with Gasteiger partial charge in [-0.2, -0.15) is 10.2 Å². The number of fused-ring (bicyclic) bond motifs is 1. The van der Waals surface area contributed by atoms with Crippen LogP contribution in [0.15, 0.2) is 59.4 Å². The second kappa shape index (κ2) is 9.77. The van der Waals surface area contributed by atoms with Crippen molar-refractivity contribution in [3.63, 3.8) is 0 Å². The van der Waals surface area contributed by atoms with Gasteiger partial charge in [0.2, 0.25) is 5.91 Å². The second-order valence-corrected chi connectivity index (χ2v) is 8.00. The van der Waals surface area contributed by atoms with Gasteiger partial charge in [0.05, 0.1) is 22.5 Å². The minimum atomic E-state index is -0.276. The summed E-state index contributed by atoms with van der Waals surface area (Å²) < 4.78 is 16.1. The summed E-state index contributed by atoms with van der Waals surface area (Å²) >= 11 is 0. The molecule has 0 spiro atoms.